The van der Waals surface area contributed by atoms with E-state index in [2.05, 4.69) is 49.9 Å². The van der Waals surface area contributed by atoms with Crippen molar-refractivity contribution in [3.8, 4) is 0 Å². The van der Waals surface area contributed by atoms with E-state index in [0.29, 0.717) is 0 Å². The topological polar surface area (TPSA) is 0 Å². The summed E-state index contributed by atoms with van der Waals surface area (Å²) < 4.78 is 2.93. The molecule has 0 aromatic heterocycles. The van der Waals surface area contributed by atoms with Gasteiger partial charge < -0.3 is 4.48 Å². The Morgan fingerprint density at radius 3 is 1.71 bits per heavy atom. The van der Waals surface area contributed by atoms with Crippen LogP contribution in [0.2, 0.25) is 0 Å². The molecule has 0 saturated heterocycles. The van der Waals surface area contributed by atoms with Crippen LogP contribution in [-0.4, -0.2) is 25.6 Å². The van der Waals surface area contributed by atoms with Crippen molar-refractivity contribution in [2.45, 2.75) is 0 Å². The predicted octanol–water partition coefficient (Wildman–Crippen LogP) is 1.60. The van der Waals surface area contributed by atoms with Crippen LogP contribution in [0.15, 0.2) is 10.3 Å². The minimum Gasteiger partial charge on any atom is -0.304 e. The summed E-state index contributed by atoms with van der Waals surface area (Å²) >= 11 is 2.22. The van der Waals surface area contributed by atoms with Crippen molar-refractivity contribution in [2.24, 2.45) is 0 Å². The highest BCUT2D eigenvalue weighted by Crippen LogP contribution is 1.93. The third-order valence-electron chi connectivity index (χ3n) is 0.504. The molecule has 0 N–H and O–H groups in total. The lowest BCUT2D eigenvalue weighted by molar-refractivity contribution is -0.817. The highest BCUT2D eigenvalue weighted by Gasteiger charge is 1.96. The van der Waals surface area contributed by atoms with Gasteiger partial charge in [0.25, 0.3) is 0 Å². The van der Waals surface area contributed by atoms with Gasteiger partial charge in [0.2, 0.25) is 0 Å². The molecule has 7 heavy (non-hydrogen) atoms. The van der Waals surface area contributed by atoms with Crippen LogP contribution in [0.3, 0.4) is 0 Å². The van der Waals surface area contributed by atoms with Crippen LogP contribution < -0.4 is 0 Å². The second-order valence-electron chi connectivity index (χ2n) is 2.39. The largest absolute Gasteiger partial charge is 0.304 e. The molecule has 2 heteroatoms. The van der Waals surface area contributed by atoms with Gasteiger partial charge >= 0.3 is 0 Å². The first kappa shape index (κ1) is 7.43. The van der Waals surface area contributed by atoms with E-state index in [9.17, 15) is 0 Å². The minimum absolute atomic E-state index is 0.906. The van der Waals surface area contributed by atoms with E-state index in [1.54, 1.807) is 0 Å². The molecule has 0 radical (unpaired) electrons. The van der Waals surface area contributed by atoms with Gasteiger partial charge in [0, 0.05) is 4.08 Å². The van der Waals surface area contributed by atoms with Crippen molar-refractivity contribution < 1.29 is 4.48 Å². The van der Waals surface area contributed by atoms with Gasteiger partial charge in [-0.1, -0.05) is 0 Å². The Morgan fingerprint density at radius 1 is 1.29 bits per heavy atom. The lowest BCUT2D eigenvalue weighted by atomic mass is 10.7. The summed E-state index contributed by atoms with van der Waals surface area (Å²) in [4.78, 5) is 0. The van der Waals surface area contributed by atoms with Crippen molar-refractivity contribution in [3.63, 3.8) is 0 Å². The average Bonchev–Trinajstić information content (AvgIpc) is 1.30. The van der Waals surface area contributed by atoms with Crippen LogP contribution in [-0.2, 0) is 0 Å². The zero-order chi connectivity index (χ0) is 5.91. The lowest BCUT2D eigenvalue weighted by Crippen LogP contribution is -2.26. The molecule has 0 aromatic rings. The van der Waals surface area contributed by atoms with E-state index in [-0.39, 0.29) is 0 Å². The van der Waals surface area contributed by atoms with Crippen LogP contribution in [0.5, 0.6) is 0 Å². The maximum absolute atomic E-state index is 2.22. The maximum atomic E-state index is 2.22. The fourth-order valence-corrected chi connectivity index (χ4v) is 1.13. The molecule has 0 fully saturated rings. The van der Waals surface area contributed by atoms with Crippen LogP contribution >= 0.6 is 22.6 Å². The molecule has 0 aromatic carbocycles. The fraction of sp³-hybridized carbons (Fsp3) is 0.600. The summed E-state index contributed by atoms with van der Waals surface area (Å²) in [7, 11) is 6.36. The maximum Gasteiger partial charge on any atom is 0.101 e. The summed E-state index contributed by atoms with van der Waals surface area (Å²) in [5.74, 6) is 0. The number of quaternary nitrogens is 1. The first-order valence-corrected chi connectivity index (χ1v) is 3.40. The van der Waals surface area contributed by atoms with Gasteiger partial charge in [0.1, 0.15) is 6.20 Å². The number of halogens is 1. The Kier molecular flexibility index (Phi) is 2.83. The molecule has 0 unspecified atom stereocenters. The Balaban J connectivity index is 3.56. The monoisotopic (exact) mass is 212 g/mol. The van der Waals surface area contributed by atoms with Crippen molar-refractivity contribution in [3.05, 3.63) is 10.3 Å². The Morgan fingerprint density at radius 2 is 1.71 bits per heavy atom. The van der Waals surface area contributed by atoms with E-state index in [0.717, 1.165) is 4.48 Å². The van der Waals surface area contributed by atoms with Crippen molar-refractivity contribution in [1.82, 2.24) is 0 Å². The SMILES string of the molecule is C[N+](C)(C)C=CI. The number of nitrogens with zero attached hydrogens (tertiary/aromatic N) is 1. The molecular formula is C5H11IN+. The van der Waals surface area contributed by atoms with Gasteiger partial charge in [0.15, 0.2) is 0 Å². The Bertz CT molecular complexity index is 70.6. The molecule has 0 aliphatic carbocycles. The van der Waals surface area contributed by atoms with Gasteiger partial charge in [-0.25, -0.2) is 0 Å². The van der Waals surface area contributed by atoms with Gasteiger partial charge in [-0.2, -0.15) is 0 Å². The molecule has 0 spiro atoms. The van der Waals surface area contributed by atoms with E-state index < -0.39 is 0 Å². The van der Waals surface area contributed by atoms with E-state index in [1.165, 1.54) is 0 Å². The molecule has 42 valence electrons. The normalized spacial score (nSPS) is 13.1. The summed E-state index contributed by atoms with van der Waals surface area (Å²) in [6.45, 7) is 0. The van der Waals surface area contributed by atoms with Crippen LogP contribution in [0.4, 0.5) is 0 Å². The second kappa shape index (κ2) is 2.67. The van der Waals surface area contributed by atoms with Crippen molar-refractivity contribution in [2.75, 3.05) is 21.1 Å². The zero-order valence-electron chi connectivity index (χ0n) is 4.98. The van der Waals surface area contributed by atoms with E-state index >= 15 is 0 Å². The molecule has 0 bridgehead atoms. The van der Waals surface area contributed by atoms with Gasteiger partial charge in [-0.05, 0) is 22.6 Å². The fourth-order valence-electron chi connectivity index (χ4n) is 0.169. The third-order valence-corrected chi connectivity index (χ3v) is 0.825. The van der Waals surface area contributed by atoms with E-state index in [1.807, 2.05) is 4.08 Å². The summed E-state index contributed by atoms with van der Waals surface area (Å²) in [6, 6.07) is 0. The van der Waals surface area contributed by atoms with Crippen molar-refractivity contribution in [1.29, 1.82) is 0 Å². The smallest absolute Gasteiger partial charge is 0.101 e. The van der Waals surface area contributed by atoms with Crippen molar-refractivity contribution >= 4 is 22.6 Å². The summed E-state index contributed by atoms with van der Waals surface area (Å²) in [6.07, 6.45) is 2.11. The minimum atomic E-state index is 0.906. The quantitative estimate of drug-likeness (QED) is 0.457. The van der Waals surface area contributed by atoms with Gasteiger partial charge in [-0.15, -0.1) is 0 Å². The molecule has 0 atom stereocenters. The molecule has 0 heterocycles. The highest BCUT2D eigenvalue weighted by atomic mass is 127. The first-order valence-electron chi connectivity index (χ1n) is 2.15. The first-order chi connectivity index (χ1) is 3.06. The highest BCUT2D eigenvalue weighted by molar-refractivity contribution is 14.1. The second-order valence-corrected chi connectivity index (χ2v) is 3.11. The zero-order valence-corrected chi connectivity index (χ0v) is 7.14. The lowest BCUT2D eigenvalue weighted by Gasteiger charge is -2.16. The Hall–Kier alpha value is 0.430. The Labute approximate surface area is 58.7 Å². The molecule has 0 aliphatic rings. The number of hydrogen-bond donors (Lipinski definition) is 0. The van der Waals surface area contributed by atoms with Gasteiger partial charge in [0.05, 0.1) is 21.1 Å². The standard InChI is InChI=1S/C5H11IN/c1-7(2,3)5-4-6/h4-5H,1-3H3/q+1. The summed E-state index contributed by atoms with van der Waals surface area (Å²) in [5, 5.41) is 0. The molecule has 0 amide bonds. The number of hydrogen-bond acceptors (Lipinski definition) is 0. The van der Waals surface area contributed by atoms with Crippen LogP contribution in [0, 0.1) is 0 Å². The molecular weight excluding hydrogens is 201 g/mol. The van der Waals surface area contributed by atoms with Gasteiger partial charge in [-0.3, -0.25) is 0 Å². The number of rotatable bonds is 1. The average molecular weight is 212 g/mol. The predicted molar refractivity (Wildman–Crippen MR) is 41.2 cm³/mol. The van der Waals surface area contributed by atoms with E-state index in [4.69, 9.17) is 0 Å². The third kappa shape index (κ3) is 6.43. The molecule has 0 rings (SSSR count). The molecule has 1 nitrogen and oxygen atoms in total. The van der Waals surface area contributed by atoms with Crippen LogP contribution in [0.25, 0.3) is 0 Å². The summed E-state index contributed by atoms with van der Waals surface area (Å²) in [5.41, 5.74) is 0. The van der Waals surface area contributed by atoms with Crippen LogP contribution in [0.1, 0.15) is 0 Å². The molecule has 0 saturated carbocycles. The molecule has 0 aliphatic heterocycles.